The van der Waals surface area contributed by atoms with Crippen LogP contribution in [0.1, 0.15) is 18.4 Å². The molecule has 0 spiro atoms. The van der Waals surface area contributed by atoms with Crippen LogP contribution in [-0.2, 0) is 16.1 Å². The summed E-state index contributed by atoms with van der Waals surface area (Å²) in [5, 5.41) is 3.47. The van der Waals surface area contributed by atoms with Crippen LogP contribution < -0.4 is 11.1 Å². The van der Waals surface area contributed by atoms with Gasteiger partial charge < -0.3 is 15.5 Å². The van der Waals surface area contributed by atoms with Gasteiger partial charge in [0.1, 0.15) is 5.52 Å². The number of primary amides is 1. The first-order valence-corrected chi connectivity index (χ1v) is 10.9. The van der Waals surface area contributed by atoms with Crippen LogP contribution in [0, 0.1) is 5.92 Å². The van der Waals surface area contributed by atoms with Crippen molar-refractivity contribution in [3.05, 3.63) is 54.1 Å². The molecule has 1 saturated heterocycles. The minimum Gasteiger partial charge on any atom is -0.431 e. The Labute approximate surface area is 179 Å². The molecule has 30 heavy (non-hydrogen) atoms. The number of aromatic nitrogens is 1. The summed E-state index contributed by atoms with van der Waals surface area (Å²) in [7, 11) is 0. The predicted octanol–water partition coefficient (Wildman–Crippen LogP) is 3.26. The number of carbonyl (C=O) groups is 2. The summed E-state index contributed by atoms with van der Waals surface area (Å²) in [6.07, 6.45) is 1.79. The van der Waals surface area contributed by atoms with E-state index in [0.29, 0.717) is 23.9 Å². The van der Waals surface area contributed by atoms with Gasteiger partial charge in [0.05, 0.1) is 11.7 Å². The number of thioether (sulfide) groups is 1. The lowest BCUT2D eigenvalue weighted by atomic mass is 9.97. The van der Waals surface area contributed by atoms with Gasteiger partial charge in [-0.05, 0) is 43.1 Å². The molecule has 1 aliphatic rings. The molecule has 1 fully saturated rings. The molecule has 0 bridgehead atoms. The molecular formula is C22H24N4O3S. The van der Waals surface area contributed by atoms with Gasteiger partial charge in [0.15, 0.2) is 5.58 Å². The summed E-state index contributed by atoms with van der Waals surface area (Å²) in [4.78, 5) is 30.6. The maximum Gasteiger partial charge on any atom is 0.257 e. The van der Waals surface area contributed by atoms with E-state index in [-0.39, 0.29) is 23.5 Å². The average molecular weight is 425 g/mol. The average Bonchev–Trinajstić information content (AvgIpc) is 3.17. The normalized spacial score (nSPS) is 17.1. The van der Waals surface area contributed by atoms with Crippen LogP contribution in [0.2, 0.25) is 0 Å². The fourth-order valence-electron chi connectivity index (χ4n) is 3.68. The second-order valence-corrected chi connectivity index (χ2v) is 8.34. The largest absolute Gasteiger partial charge is 0.431 e. The lowest BCUT2D eigenvalue weighted by Gasteiger charge is -2.31. The number of hydrogen-bond donors (Lipinski definition) is 2. The van der Waals surface area contributed by atoms with Gasteiger partial charge in [-0.25, -0.2) is 4.98 Å². The third-order valence-electron chi connectivity index (χ3n) is 5.19. The van der Waals surface area contributed by atoms with Crippen molar-refractivity contribution in [2.24, 2.45) is 11.7 Å². The van der Waals surface area contributed by atoms with E-state index >= 15 is 0 Å². The highest BCUT2D eigenvalue weighted by Crippen LogP contribution is 2.25. The first-order valence-electron chi connectivity index (χ1n) is 9.96. The highest BCUT2D eigenvalue weighted by Gasteiger charge is 2.24. The summed E-state index contributed by atoms with van der Waals surface area (Å²) in [5.74, 6) is -0.261. The van der Waals surface area contributed by atoms with E-state index in [1.807, 2.05) is 48.5 Å². The smallest absolute Gasteiger partial charge is 0.257 e. The molecule has 1 aliphatic heterocycles. The second-order valence-electron chi connectivity index (χ2n) is 7.42. The molecule has 0 saturated carbocycles. The van der Waals surface area contributed by atoms with E-state index in [4.69, 9.17) is 10.2 Å². The number of nitrogens with two attached hydrogens (primary N) is 1. The Morgan fingerprint density at radius 3 is 2.83 bits per heavy atom. The van der Waals surface area contributed by atoms with E-state index < -0.39 is 0 Å². The number of oxazole rings is 1. The number of anilines is 1. The van der Waals surface area contributed by atoms with Crippen molar-refractivity contribution >= 4 is 40.4 Å². The summed E-state index contributed by atoms with van der Waals surface area (Å²) < 4.78 is 5.65. The summed E-state index contributed by atoms with van der Waals surface area (Å²) in [6.45, 7) is 2.24. The van der Waals surface area contributed by atoms with Crippen molar-refractivity contribution in [1.82, 2.24) is 9.88 Å². The van der Waals surface area contributed by atoms with Crippen molar-refractivity contribution < 1.29 is 14.0 Å². The number of carbonyl (C=O) groups excluding carboxylic acids is 2. The molecule has 2 aromatic carbocycles. The molecule has 1 aromatic heterocycles. The monoisotopic (exact) mass is 424 g/mol. The molecule has 1 atom stereocenters. The van der Waals surface area contributed by atoms with Crippen molar-refractivity contribution in [2.75, 3.05) is 24.2 Å². The summed E-state index contributed by atoms with van der Waals surface area (Å²) in [6, 6.07) is 15.3. The zero-order chi connectivity index (χ0) is 20.9. The molecule has 2 amide bonds. The highest BCUT2D eigenvalue weighted by molar-refractivity contribution is 7.99. The van der Waals surface area contributed by atoms with Gasteiger partial charge in [0, 0.05) is 18.8 Å². The van der Waals surface area contributed by atoms with E-state index in [2.05, 4.69) is 15.2 Å². The minimum absolute atomic E-state index is 0.104. The molecule has 0 aliphatic carbocycles. The quantitative estimate of drug-likeness (QED) is 0.565. The van der Waals surface area contributed by atoms with Gasteiger partial charge in [0.25, 0.3) is 5.22 Å². The lowest BCUT2D eigenvalue weighted by molar-refractivity contribution is -0.123. The van der Waals surface area contributed by atoms with Crippen LogP contribution in [0.4, 0.5) is 5.69 Å². The van der Waals surface area contributed by atoms with Crippen LogP contribution in [0.25, 0.3) is 11.1 Å². The van der Waals surface area contributed by atoms with Gasteiger partial charge >= 0.3 is 0 Å². The van der Waals surface area contributed by atoms with E-state index in [1.165, 1.54) is 11.8 Å². The van der Waals surface area contributed by atoms with E-state index in [0.717, 1.165) is 36.2 Å². The SMILES string of the molecule is NC(=O)C1CCCN(Cc2ccccc2NC(=O)CSc2nc3ccccc3o2)C1. The number of amides is 2. The van der Waals surface area contributed by atoms with Gasteiger partial charge in [-0.2, -0.15) is 0 Å². The van der Waals surface area contributed by atoms with Gasteiger partial charge in [0.2, 0.25) is 11.8 Å². The third-order valence-corrected chi connectivity index (χ3v) is 6.02. The molecular weight excluding hydrogens is 400 g/mol. The van der Waals surface area contributed by atoms with Gasteiger partial charge in [-0.15, -0.1) is 0 Å². The number of fused-ring (bicyclic) bond motifs is 1. The summed E-state index contributed by atoms with van der Waals surface area (Å²) >= 11 is 1.27. The van der Waals surface area contributed by atoms with Crippen LogP contribution in [0.15, 0.2) is 58.2 Å². The fourth-order valence-corrected chi connectivity index (χ4v) is 4.32. The Bertz CT molecular complexity index is 1020. The highest BCUT2D eigenvalue weighted by atomic mass is 32.2. The fraction of sp³-hybridized carbons (Fsp3) is 0.318. The van der Waals surface area contributed by atoms with Crippen LogP contribution in [0.5, 0.6) is 0 Å². The number of hydrogen-bond acceptors (Lipinski definition) is 6. The van der Waals surface area contributed by atoms with Gasteiger partial charge in [-0.1, -0.05) is 42.1 Å². The number of benzene rings is 2. The zero-order valence-corrected chi connectivity index (χ0v) is 17.4. The molecule has 156 valence electrons. The number of para-hydroxylation sites is 3. The van der Waals surface area contributed by atoms with Crippen LogP contribution >= 0.6 is 11.8 Å². The molecule has 8 heteroatoms. The van der Waals surface area contributed by atoms with Crippen molar-refractivity contribution in [3.8, 4) is 0 Å². The number of likely N-dealkylation sites (tertiary alicyclic amines) is 1. The first kappa shape index (κ1) is 20.4. The summed E-state index contributed by atoms with van der Waals surface area (Å²) in [5.41, 5.74) is 8.77. The lowest BCUT2D eigenvalue weighted by Crippen LogP contribution is -2.40. The molecule has 1 unspecified atom stereocenters. The zero-order valence-electron chi connectivity index (χ0n) is 16.5. The van der Waals surface area contributed by atoms with Crippen molar-refractivity contribution in [1.29, 1.82) is 0 Å². The standard InChI is InChI=1S/C22H24N4O3S/c23-21(28)16-7-5-11-26(13-16)12-15-6-1-2-8-17(15)24-20(27)14-30-22-25-18-9-3-4-10-19(18)29-22/h1-4,6,8-10,16H,5,7,11-14H2,(H2,23,28)(H,24,27). The number of nitrogens with zero attached hydrogens (tertiary/aromatic N) is 2. The first-order chi connectivity index (χ1) is 14.6. The van der Waals surface area contributed by atoms with Crippen molar-refractivity contribution in [3.63, 3.8) is 0 Å². The Morgan fingerprint density at radius 2 is 2.00 bits per heavy atom. The predicted molar refractivity (Wildman–Crippen MR) is 117 cm³/mol. The molecule has 2 heterocycles. The van der Waals surface area contributed by atoms with Crippen molar-refractivity contribution in [2.45, 2.75) is 24.6 Å². The van der Waals surface area contributed by atoms with Crippen LogP contribution in [0.3, 0.4) is 0 Å². The third kappa shape index (κ3) is 5.01. The number of piperidine rings is 1. The van der Waals surface area contributed by atoms with E-state index in [1.54, 1.807) is 0 Å². The Kier molecular flexibility index (Phi) is 6.35. The molecule has 7 nitrogen and oxygen atoms in total. The van der Waals surface area contributed by atoms with Gasteiger partial charge in [-0.3, -0.25) is 14.5 Å². The number of rotatable bonds is 7. The molecule has 0 radical (unpaired) electrons. The maximum absolute atomic E-state index is 12.5. The van der Waals surface area contributed by atoms with Crippen LogP contribution in [-0.4, -0.2) is 40.5 Å². The van der Waals surface area contributed by atoms with E-state index in [9.17, 15) is 9.59 Å². The topological polar surface area (TPSA) is 101 Å². The molecule has 3 aromatic rings. The Balaban J connectivity index is 1.36. The minimum atomic E-state index is -0.238. The Hall–Kier alpha value is -2.84. The number of nitrogens with one attached hydrogen (secondary N) is 1. The second kappa shape index (κ2) is 9.32. The molecule has 3 N–H and O–H groups in total. The maximum atomic E-state index is 12.5. The Morgan fingerprint density at radius 1 is 1.20 bits per heavy atom. The molecule has 4 rings (SSSR count).